The molecule has 1 unspecified atom stereocenters. The van der Waals surface area contributed by atoms with Crippen LogP contribution in [0.3, 0.4) is 0 Å². The van der Waals surface area contributed by atoms with E-state index >= 15 is 0 Å². The quantitative estimate of drug-likeness (QED) is 0.157. The predicted octanol–water partition coefficient (Wildman–Crippen LogP) is 5.75. The molecule has 4 aromatic carbocycles. The van der Waals surface area contributed by atoms with Crippen LogP contribution in [0.4, 0.5) is 0 Å². The second kappa shape index (κ2) is 15.5. The Morgan fingerprint density at radius 3 is 2.20 bits per heavy atom. The van der Waals surface area contributed by atoms with Gasteiger partial charge in [-0.2, -0.15) is 5.10 Å². The Hall–Kier alpha value is -5.62. The van der Waals surface area contributed by atoms with Gasteiger partial charge in [0.1, 0.15) is 17.2 Å². The number of hydrazone groups is 1. The van der Waals surface area contributed by atoms with E-state index in [1.165, 1.54) is 11.8 Å². The van der Waals surface area contributed by atoms with E-state index in [2.05, 4.69) is 15.5 Å². The summed E-state index contributed by atoms with van der Waals surface area (Å²) in [6, 6.07) is 31.9. The van der Waals surface area contributed by atoms with Crippen LogP contribution in [-0.2, 0) is 17.9 Å². The van der Waals surface area contributed by atoms with Gasteiger partial charge in [-0.15, -0.1) is 10.2 Å². The lowest BCUT2D eigenvalue weighted by molar-refractivity contribution is -0.130. The minimum Gasteiger partial charge on any atom is -0.497 e. The molecule has 250 valence electrons. The van der Waals surface area contributed by atoms with E-state index in [0.717, 1.165) is 33.9 Å². The maximum absolute atomic E-state index is 13.9. The number of amides is 2. The van der Waals surface area contributed by atoms with Crippen molar-refractivity contribution in [3.8, 4) is 17.2 Å². The maximum Gasteiger partial charge on any atom is 0.253 e. The second-order valence-corrected chi connectivity index (χ2v) is 12.1. The molecule has 6 rings (SSSR count). The third kappa shape index (κ3) is 7.92. The van der Waals surface area contributed by atoms with Crippen LogP contribution in [0, 0.1) is 0 Å². The molecular weight excluding hydrogens is 641 g/mol. The first-order valence-corrected chi connectivity index (χ1v) is 16.6. The number of nitrogens with one attached hydrogen (secondary N) is 1. The van der Waals surface area contributed by atoms with Gasteiger partial charge in [-0.05, 0) is 71.3 Å². The largest absolute Gasteiger partial charge is 0.497 e. The monoisotopic (exact) mass is 676 g/mol. The highest BCUT2D eigenvalue weighted by molar-refractivity contribution is 7.99. The van der Waals surface area contributed by atoms with Gasteiger partial charge in [0.25, 0.3) is 11.8 Å². The molecule has 11 nitrogen and oxygen atoms in total. The number of aromatic nitrogens is 3. The van der Waals surface area contributed by atoms with Crippen LogP contribution in [0.5, 0.6) is 17.2 Å². The summed E-state index contributed by atoms with van der Waals surface area (Å²) in [5.41, 5.74) is 4.19. The van der Waals surface area contributed by atoms with Gasteiger partial charge in [-0.3, -0.25) is 9.59 Å². The van der Waals surface area contributed by atoms with Gasteiger partial charge >= 0.3 is 0 Å². The molecule has 0 spiro atoms. The lowest BCUT2D eigenvalue weighted by Crippen LogP contribution is -2.28. The Bertz CT molecular complexity index is 1930. The SMILES string of the molecule is COc1ccc(C2=NN(C(=O)CSc3nnc(CNC(=O)c4cccc(OC)c4)n3Cc3ccccc3)C(c3ccc(OC)cc3)C2)cc1. The van der Waals surface area contributed by atoms with Gasteiger partial charge in [-0.1, -0.05) is 60.3 Å². The van der Waals surface area contributed by atoms with E-state index in [4.69, 9.17) is 19.3 Å². The van der Waals surface area contributed by atoms with Gasteiger partial charge in [0.15, 0.2) is 11.0 Å². The Morgan fingerprint density at radius 1 is 0.816 bits per heavy atom. The van der Waals surface area contributed by atoms with Gasteiger partial charge in [-0.25, -0.2) is 5.01 Å². The van der Waals surface area contributed by atoms with Crippen molar-refractivity contribution in [3.05, 3.63) is 131 Å². The number of rotatable bonds is 13. The molecule has 1 aliphatic heterocycles. The summed E-state index contributed by atoms with van der Waals surface area (Å²) >= 11 is 1.29. The molecule has 49 heavy (non-hydrogen) atoms. The number of thioether (sulfide) groups is 1. The lowest BCUT2D eigenvalue weighted by Gasteiger charge is -2.22. The first kappa shape index (κ1) is 33.3. The van der Waals surface area contributed by atoms with Crippen molar-refractivity contribution < 1.29 is 23.8 Å². The Morgan fingerprint density at radius 2 is 1.51 bits per heavy atom. The molecule has 0 aliphatic carbocycles. The maximum atomic E-state index is 13.9. The van der Waals surface area contributed by atoms with E-state index in [9.17, 15) is 9.59 Å². The molecule has 5 aromatic rings. The van der Waals surface area contributed by atoms with E-state index in [1.807, 2.05) is 83.4 Å². The predicted molar refractivity (Wildman–Crippen MR) is 187 cm³/mol. The van der Waals surface area contributed by atoms with Crippen LogP contribution in [0.2, 0.25) is 0 Å². The average Bonchev–Trinajstić information content (AvgIpc) is 3.78. The zero-order valence-corrected chi connectivity index (χ0v) is 28.2. The van der Waals surface area contributed by atoms with Crippen molar-refractivity contribution in [1.82, 2.24) is 25.1 Å². The van der Waals surface area contributed by atoms with E-state index in [0.29, 0.717) is 35.3 Å². The summed E-state index contributed by atoms with van der Waals surface area (Å²) < 4.78 is 17.9. The first-order valence-electron chi connectivity index (χ1n) is 15.6. The molecule has 0 bridgehead atoms. The molecule has 1 atom stereocenters. The Labute approximate surface area is 288 Å². The summed E-state index contributed by atoms with van der Waals surface area (Å²) in [6.45, 7) is 0.609. The van der Waals surface area contributed by atoms with E-state index in [-0.39, 0.29) is 30.2 Å². The molecule has 0 saturated heterocycles. The van der Waals surface area contributed by atoms with Crippen molar-refractivity contribution in [2.75, 3.05) is 27.1 Å². The third-order valence-electron chi connectivity index (χ3n) is 8.13. The number of ether oxygens (including phenoxy) is 3. The highest BCUT2D eigenvalue weighted by Gasteiger charge is 2.33. The number of carbonyl (C=O) groups excluding carboxylic acids is 2. The molecule has 1 N–H and O–H groups in total. The summed E-state index contributed by atoms with van der Waals surface area (Å²) in [4.78, 5) is 26.9. The minimum atomic E-state index is -0.291. The van der Waals surface area contributed by atoms with Gasteiger partial charge in [0.2, 0.25) is 0 Å². The van der Waals surface area contributed by atoms with Crippen LogP contribution in [0.25, 0.3) is 0 Å². The number of carbonyl (C=O) groups is 2. The Balaban J connectivity index is 1.22. The van der Waals surface area contributed by atoms with Gasteiger partial charge in [0, 0.05) is 12.0 Å². The molecule has 0 radical (unpaired) electrons. The molecule has 0 fully saturated rings. The fourth-order valence-electron chi connectivity index (χ4n) is 5.48. The summed E-state index contributed by atoms with van der Waals surface area (Å²) in [5, 5.41) is 18.7. The standard InChI is InChI=1S/C37H36N6O5S/c1-46-29-16-12-26(13-17-29)32-21-33(27-14-18-30(47-2)19-15-27)43(41-32)35(44)24-49-37-40-39-34(42(37)23-25-8-5-4-6-9-25)22-38-36(45)28-10-7-11-31(20-28)48-3/h4-20,33H,21-24H2,1-3H3,(H,38,45). The smallest absolute Gasteiger partial charge is 0.253 e. The summed E-state index contributed by atoms with van der Waals surface area (Å²) in [7, 11) is 4.81. The van der Waals surface area contributed by atoms with Crippen molar-refractivity contribution in [3.63, 3.8) is 0 Å². The van der Waals surface area contributed by atoms with E-state index < -0.39 is 0 Å². The summed E-state index contributed by atoms with van der Waals surface area (Å²) in [6.07, 6.45) is 0.552. The molecule has 0 saturated carbocycles. The molecular formula is C37H36N6O5S. The zero-order valence-electron chi connectivity index (χ0n) is 27.4. The van der Waals surface area contributed by atoms with Crippen LogP contribution in [-0.4, -0.2) is 64.4 Å². The molecule has 1 aliphatic rings. The van der Waals surface area contributed by atoms with Crippen molar-refractivity contribution in [2.24, 2.45) is 5.10 Å². The Kier molecular flexibility index (Phi) is 10.5. The first-order chi connectivity index (χ1) is 23.9. The number of hydrogen-bond donors (Lipinski definition) is 1. The number of methoxy groups -OCH3 is 3. The van der Waals surface area contributed by atoms with Crippen molar-refractivity contribution in [1.29, 1.82) is 0 Å². The fraction of sp³-hybridized carbons (Fsp3) is 0.216. The highest BCUT2D eigenvalue weighted by Crippen LogP contribution is 2.35. The molecule has 12 heteroatoms. The van der Waals surface area contributed by atoms with E-state index in [1.54, 1.807) is 50.6 Å². The number of hydrogen-bond acceptors (Lipinski definition) is 9. The van der Waals surface area contributed by atoms with Gasteiger partial charge in [0.05, 0.1) is 51.9 Å². The topological polar surface area (TPSA) is 120 Å². The molecule has 2 amide bonds. The lowest BCUT2D eigenvalue weighted by atomic mass is 9.98. The van der Waals surface area contributed by atoms with Crippen LogP contribution in [0.15, 0.2) is 113 Å². The van der Waals surface area contributed by atoms with Crippen molar-refractivity contribution in [2.45, 2.75) is 30.7 Å². The number of nitrogens with zero attached hydrogens (tertiary/aromatic N) is 5. The third-order valence-corrected chi connectivity index (χ3v) is 9.08. The van der Waals surface area contributed by atoms with Crippen LogP contribution < -0.4 is 19.5 Å². The normalized spacial score (nSPS) is 13.9. The van der Waals surface area contributed by atoms with Crippen molar-refractivity contribution >= 4 is 29.3 Å². The van der Waals surface area contributed by atoms with Crippen LogP contribution >= 0.6 is 11.8 Å². The second-order valence-electron chi connectivity index (χ2n) is 11.2. The summed E-state index contributed by atoms with van der Waals surface area (Å²) in [5.74, 6) is 2.29. The zero-order chi connectivity index (χ0) is 34.2. The fourth-order valence-corrected chi connectivity index (χ4v) is 6.29. The van der Waals surface area contributed by atoms with Gasteiger partial charge < -0.3 is 24.1 Å². The molecule has 2 heterocycles. The molecule has 1 aromatic heterocycles. The minimum absolute atomic E-state index is 0.0785. The van der Waals surface area contributed by atoms with Crippen LogP contribution in [0.1, 0.15) is 45.3 Å². The average molecular weight is 677 g/mol. The number of benzene rings is 4. The highest BCUT2D eigenvalue weighted by atomic mass is 32.2.